The number of hydrogen-bond acceptors (Lipinski definition) is 3. The molecule has 0 radical (unpaired) electrons. The molecule has 0 N–H and O–H groups in total. The van der Waals surface area contributed by atoms with Crippen LogP contribution in [0.25, 0.3) is 0 Å². The summed E-state index contributed by atoms with van der Waals surface area (Å²) in [5.41, 5.74) is 1.20. The van der Waals surface area contributed by atoms with Gasteiger partial charge in [-0.15, -0.1) is 0 Å². The minimum absolute atomic E-state index is 0.0760. The molecule has 0 spiro atoms. The van der Waals surface area contributed by atoms with Crippen LogP contribution < -0.4 is 4.74 Å². The summed E-state index contributed by atoms with van der Waals surface area (Å²) in [4.78, 5) is 10.6. The van der Waals surface area contributed by atoms with Crippen LogP contribution in [-0.4, -0.2) is 6.29 Å². The summed E-state index contributed by atoms with van der Waals surface area (Å²) >= 11 is 5.95. The van der Waals surface area contributed by atoms with E-state index in [1.54, 1.807) is 12.1 Å². The maximum Gasteiger partial charge on any atom is 0.150 e. The molecule has 0 aromatic heterocycles. The number of ether oxygens (including phenoxy) is 1. The molecule has 0 aliphatic heterocycles. The van der Waals surface area contributed by atoms with Crippen LogP contribution >= 0.6 is 11.6 Å². The number of nitrogens with zero attached hydrogens (tertiary/aromatic N) is 1. The Morgan fingerprint density at radius 2 is 2.10 bits per heavy atom. The van der Waals surface area contributed by atoms with Gasteiger partial charge < -0.3 is 4.74 Å². The molecule has 2 aromatic carbocycles. The van der Waals surface area contributed by atoms with Crippen molar-refractivity contribution in [2.24, 2.45) is 0 Å². The molecule has 0 unspecified atom stereocenters. The SMILES string of the molecule is N#Cc1cc(F)cc(COc2ccc(C=O)cc2Cl)c1. The molecule has 0 amide bonds. The molecule has 0 fully saturated rings. The minimum Gasteiger partial charge on any atom is -0.487 e. The molecule has 5 heteroatoms. The number of benzene rings is 2. The van der Waals surface area contributed by atoms with Crippen molar-refractivity contribution in [3.8, 4) is 11.8 Å². The molecule has 0 bridgehead atoms. The number of aldehydes is 1. The van der Waals surface area contributed by atoms with Crippen molar-refractivity contribution >= 4 is 17.9 Å². The molecule has 0 saturated carbocycles. The van der Waals surface area contributed by atoms with Gasteiger partial charge in [-0.3, -0.25) is 4.79 Å². The Balaban J connectivity index is 2.15. The van der Waals surface area contributed by atoms with Gasteiger partial charge >= 0.3 is 0 Å². The summed E-state index contributed by atoms with van der Waals surface area (Å²) in [6.45, 7) is 0.0760. The fourth-order valence-electron chi connectivity index (χ4n) is 1.67. The monoisotopic (exact) mass is 289 g/mol. The Labute approximate surface area is 120 Å². The highest BCUT2D eigenvalue weighted by molar-refractivity contribution is 6.32. The molecule has 0 atom stereocenters. The molecule has 100 valence electrons. The molecule has 0 aliphatic carbocycles. The number of carbonyl (C=O) groups is 1. The number of rotatable bonds is 4. The molecule has 0 heterocycles. The van der Waals surface area contributed by atoms with Gasteiger partial charge in [0.05, 0.1) is 16.7 Å². The number of hydrogen-bond donors (Lipinski definition) is 0. The highest BCUT2D eigenvalue weighted by atomic mass is 35.5. The van der Waals surface area contributed by atoms with Gasteiger partial charge in [-0.25, -0.2) is 4.39 Å². The summed E-state index contributed by atoms with van der Waals surface area (Å²) in [6.07, 6.45) is 0.682. The highest BCUT2D eigenvalue weighted by Gasteiger charge is 2.05. The van der Waals surface area contributed by atoms with E-state index in [1.807, 2.05) is 6.07 Å². The largest absolute Gasteiger partial charge is 0.487 e. The lowest BCUT2D eigenvalue weighted by Crippen LogP contribution is -1.98. The van der Waals surface area contributed by atoms with Crippen molar-refractivity contribution in [3.63, 3.8) is 0 Å². The minimum atomic E-state index is -0.495. The second-order valence-electron chi connectivity index (χ2n) is 4.06. The van der Waals surface area contributed by atoms with Gasteiger partial charge in [0, 0.05) is 5.56 Å². The van der Waals surface area contributed by atoms with Crippen molar-refractivity contribution in [1.29, 1.82) is 5.26 Å². The molecule has 3 nitrogen and oxygen atoms in total. The van der Waals surface area contributed by atoms with Crippen LogP contribution in [0.1, 0.15) is 21.5 Å². The second kappa shape index (κ2) is 6.18. The average Bonchev–Trinajstić information content (AvgIpc) is 2.45. The van der Waals surface area contributed by atoms with Gasteiger partial charge in [-0.2, -0.15) is 5.26 Å². The Kier molecular flexibility index (Phi) is 4.34. The lowest BCUT2D eigenvalue weighted by atomic mass is 10.1. The quantitative estimate of drug-likeness (QED) is 0.806. The molecule has 0 saturated heterocycles. The average molecular weight is 290 g/mol. The van der Waals surface area contributed by atoms with Gasteiger partial charge in [-0.05, 0) is 42.0 Å². The van der Waals surface area contributed by atoms with E-state index in [9.17, 15) is 9.18 Å². The van der Waals surface area contributed by atoms with Crippen LogP contribution in [0.15, 0.2) is 36.4 Å². The zero-order valence-corrected chi connectivity index (χ0v) is 11.0. The maximum atomic E-state index is 13.2. The Hall–Kier alpha value is -2.38. The molecule has 2 aromatic rings. The van der Waals surface area contributed by atoms with E-state index in [2.05, 4.69) is 0 Å². The molecular formula is C15H9ClFNO2. The van der Waals surface area contributed by atoms with Crippen LogP contribution in [0.4, 0.5) is 4.39 Å². The first-order chi connectivity index (χ1) is 9.62. The predicted molar refractivity (Wildman–Crippen MR) is 72.3 cm³/mol. The summed E-state index contributed by atoms with van der Waals surface area (Å²) in [5, 5.41) is 9.06. The van der Waals surface area contributed by atoms with Gasteiger partial charge in [-0.1, -0.05) is 11.6 Å². The summed E-state index contributed by atoms with van der Waals surface area (Å²) in [6, 6.07) is 10.5. The van der Waals surface area contributed by atoms with Crippen LogP contribution in [0.3, 0.4) is 0 Å². The summed E-state index contributed by atoms with van der Waals surface area (Å²) < 4.78 is 18.7. The van der Waals surface area contributed by atoms with Gasteiger partial charge in [0.2, 0.25) is 0 Å². The first-order valence-electron chi connectivity index (χ1n) is 5.69. The van der Waals surface area contributed by atoms with Gasteiger partial charge in [0.1, 0.15) is 24.5 Å². The highest BCUT2D eigenvalue weighted by Crippen LogP contribution is 2.26. The van der Waals surface area contributed by atoms with E-state index >= 15 is 0 Å². The Bertz CT molecular complexity index is 695. The van der Waals surface area contributed by atoms with E-state index in [0.29, 0.717) is 28.2 Å². The van der Waals surface area contributed by atoms with E-state index in [4.69, 9.17) is 21.6 Å². The lowest BCUT2D eigenvalue weighted by molar-refractivity contribution is 0.112. The predicted octanol–water partition coefficient (Wildman–Crippen LogP) is 3.74. The van der Waals surface area contributed by atoms with Gasteiger partial charge in [0.25, 0.3) is 0 Å². The number of nitriles is 1. The fraction of sp³-hybridized carbons (Fsp3) is 0.0667. The van der Waals surface area contributed by atoms with Crippen molar-refractivity contribution in [1.82, 2.24) is 0 Å². The van der Waals surface area contributed by atoms with Crippen LogP contribution in [0.5, 0.6) is 5.75 Å². The van der Waals surface area contributed by atoms with Crippen molar-refractivity contribution in [2.75, 3.05) is 0 Å². The summed E-state index contributed by atoms with van der Waals surface area (Å²) in [7, 11) is 0. The fourth-order valence-corrected chi connectivity index (χ4v) is 1.91. The summed E-state index contributed by atoms with van der Waals surface area (Å²) in [5.74, 6) is -0.106. The van der Waals surface area contributed by atoms with Crippen molar-refractivity contribution in [2.45, 2.75) is 6.61 Å². The van der Waals surface area contributed by atoms with E-state index in [1.165, 1.54) is 18.2 Å². The van der Waals surface area contributed by atoms with Crippen molar-refractivity contribution < 1.29 is 13.9 Å². The van der Waals surface area contributed by atoms with E-state index < -0.39 is 5.82 Å². The molecule has 0 aliphatic rings. The zero-order valence-electron chi connectivity index (χ0n) is 10.3. The maximum absolute atomic E-state index is 13.2. The Morgan fingerprint density at radius 3 is 2.75 bits per heavy atom. The zero-order chi connectivity index (χ0) is 14.5. The normalized spacial score (nSPS) is 9.85. The third-order valence-corrected chi connectivity index (χ3v) is 2.87. The topological polar surface area (TPSA) is 50.1 Å². The van der Waals surface area contributed by atoms with E-state index in [0.717, 1.165) is 6.07 Å². The smallest absolute Gasteiger partial charge is 0.150 e. The van der Waals surface area contributed by atoms with Crippen LogP contribution in [0, 0.1) is 17.1 Å². The standard InChI is InChI=1S/C15H9ClFNO2/c16-14-6-10(8-19)1-2-15(14)20-9-12-3-11(7-18)4-13(17)5-12/h1-6,8H,9H2. The van der Waals surface area contributed by atoms with Crippen LogP contribution in [0.2, 0.25) is 5.02 Å². The first kappa shape index (κ1) is 14.0. The lowest BCUT2D eigenvalue weighted by Gasteiger charge is -2.08. The molecule has 2 rings (SSSR count). The number of halogens is 2. The Morgan fingerprint density at radius 1 is 1.30 bits per heavy atom. The molecule has 20 heavy (non-hydrogen) atoms. The first-order valence-corrected chi connectivity index (χ1v) is 6.07. The van der Waals surface area contributed by atoms with Gasteiger partial charge in [0.15, 0.2) is 0 Å². The number of carbonyl (C=O) groups excluding carboxylic acids is 1. The van der Waals surface area contributed by atoms with Crippen LogP contribution in [-0.2, 0) is 6.61 Å². The van der Waals surface area contributed by atoms with Crippen molar-refractivity contribution in [3.05, 3.63) is 63.9 Å². The molecular weight excluding hydrogens is 281 g/mol. The third-order valence-electron chi connectivity index (χ3n) is 2.57. The van der Waals surface area contributed by atoms with E-state index in [-0.39, 0.29) is 12.2 Å². The third kappa shape index (κ3) is 3.34. The second-order valence-corrected chi connectivity index (χ2v) is 4.46.